The Bertz CT molecular complexity index is 758. The number of benzene rings is 2. The molecule has 0 spiro atoms. The SMILES string of the molecule is CCc1ccccc1NC(=O)C1CC(=O)N(c2ccc(F)cc2)C1. The molecule has 5 heteroatoms. The number of aryl methyl sites for hydroxylation is 1. The lowest BCUT2D eigenvalue weighted by Gasteiger charge is -2.17. The molecule has 2 aromatic rings. The Morgan fingerprint density at radius 2 is 1.92 bits per heavy atom. The van der Waals surface area contributed by atoms with Crippen LogP contribution in [0.2, 0.25) is 0 Å². The zero-order chi connectivity index (χ0) is 17.1. The molecule has 24 heavy (non-hydrogen) atoms. The lowest BCUT2D eigenvalue weighted by Crippen LogP contribution is -2.28. The molecule has 0 bridgehead atoms. The number of carbonyl (C=O) groups excluding carboxylic acids is 2. The van der Waals surface area contributed by atoms with E-state index >= 15 is 0 Å². The standard InChI is InChI=1S/C19H19FN2O2/c1-2-13-5-3-4-6-17(13)21-19(24)14-11-18(23)22(12-14)16-9-7-15(20)8-10-16/h3-10,14H,2,11-12H2,1H3,(H,21,24). The van der Waals surface area contributed by atoms with Gasteiger partial charge >= 0.3 is 0 Å². The van der Waals surface area contributed by atoms with Gasteiger partial charge in [0.25, 0.3) is 0 Å². The Balaban J connectivity index is 1.71. The van der Waals surface area contributed by atoms with Crippen molar-refractivity contribution in [3.63, 3.8) is 0 Å². The van der Waals surface area contributed by atoms with Crippen molar-refractivity contribution in [1.82, 2.24) is 0 Å². The van der Waals surface area contributed by atoms with E-state index in [0.717, 1.165) is 17.7 Å². The van der Waals surface area contributed by atoms with Gasteiger partial charge in [-0.15, -0.1) is 0 Å². The molecule has 4 nitrogen and oxygen atoms in total. The normalized spacial score (nSPS) is 17.2. The summed E-state index contributed by atoms with van der Waals surface area (Å²) in [6.45, 7) is 2.34. The molecular weight excluding hydrogens is 307 g/mol. The quantitative estimate of drug-likeness (QED) is 0.936. The van der Waals surface area contributed by atoms with Gasteiger partial charge in [0, 0.05) is 24.3 Å². The molecular formula is C19H19FN2O2. The zero-order valence-corrected chi connectivity index (χ0v) is 13.5. The Hall–Kier alpha value is -2.69. The minimum atomic E-state index is -0.410. The van der Waals surface area contributed by atoms with E-state index in [2.05, 4.69) is 5.32 Å². The van der Waals surface area contributed by atoms with Crippen LogP contribution < -0.4 is 10.2 Å². The molecule has 1 aliphatic heterocycles. The molecule has 3 rings (SSSR count). The molecule has 0 aromatic heterocycles. The van der Waals surface area contributed by atoms with E-state index in [1.165, 1.54) is 17.0 Å². The first-order valence-electron chi connectivity index (χ1n) is 8.03. The van der Waals surface area contributed by atoms with Crippen molar-refractivity contribution in [1.29, 1.82) is 0 Å². The van der Waals surface area contributed by atoms with Crippen LogP contribution in [0.3, 0.4) is 0 Å². The molecule has 0 saturated carbocycles. The van der Waals surface area contributed by atoms with Crippen LogP contribution >= 0.6 is 0 Å². The number of rotatable bonds is 4. The number of nitrogens with zero attached hydrogens (tertiary/aromatic N) is 1. The number of halogens is 1. The van der Waals surface area contributed by atoms with Crippen LogP contribution in [0.1, 0.15) is 18.9 Å². The van der Waals surface area contributed by atoms with E-state index in [1.807, 2.05) is 31.2 Å². The van der Waals surface area contributed by atoms with Crippen molar-refractivity contribution in [2.45, 2.75) is 19.8 Å². The first kappa shape index (κ1) is 16.2. The van der Waals surface area contributed by atoms with E-state index in [1.54, 1.807) is 12.1 Å². The molecule has 1 atom stereocenters. The first-order chi connectivity index (χ1) is 11.6. The molecule has 0 aliphatic carbocycles. The van der Waals surface area contributed by atoms with Crippen molar-refractivity contribution in [2.75, 3.05) is 16.8 Å². The molecule has 1 unspecified atom stereocenters. The maximum Gasteiger partial charge on any atom is 0.229 e. The number of carbonyl (C=O) groups is 2. The smallest absolute Gasteiger partial charge is 0.229 e. The van der Waals surface area contributed by atoms with E-state index in [0.29, 0.717) is 12.2 Å². The predicted molar refractivity (Wildman–Crippen MR) is 91.3 cm³/mol. The number of hydrogen-bond donors (Lipinski definition) is 1. The fraction of sp³-hybridized carbons (Fsp3) is 0.263. The summed E-state index contributed by atoms with van der Waals surface area (Å²) in [6, 6.07) is 13.4. The molecule has 1 fully saturated rings. The minimum Gasteiger partial charge on any atom is -0.326 e. The average molecular weight is 326 g/mol. The largest absolute Gasteiger partial charge is 0.326 e. The van der Waals surface area contributed by atoms with Gasteiger partial charge in [0.2, 0.25) is 11.8 Å². The van der Waals surface area contributed by atoms with E-state index in [4.69, 9.17) is 0 Å². The van der Waals surface area contributed by atoms with E-state index in [-0.39, 0.29) is 24.1 Å². The topological polar surface area (TPSA) is 49.4 Å². The van der Waals surface area contributed by atoms with E-state index < -0.39 is 5.92 Å². The molecule has 124 valence electrons. The van der Waals surface area contributed by atoms with Gasteiger partial charge in [-0.25, -0.2) is 4.39 Å². The van der Waals surface area contributed by atoms with Gasteiger partial charge in [0.15, 0.2) is 0 Å². The van der Waals surface area contributed by atoms with Crippen LogP contribution in [-0.2, 0) is 16.0 Å². The van der Waals surface area contributed by atoms with Crippen molar-refractivity contribution in [3.8, 4) is 0 Å². The lowest BCUT2D eigenvalue weighted by atomic mass is 10.1. The Kier molecular flexibility index (Phi) is 4.60. The third kappa shape index (κ3) is 3.30. The first-order valence-corrected chi connectivity index (χ1v) is 8.03. The third-order valence-electron chi connectivity index (χ3n) is 4.29. The van der Waals surface area contributed by atoms with Gasteiger partial charge < -0.3 is 10.2 Å². The van der Waals surface area contributed by atoms with E-state index in [9.17, 15) is 14.0 Å². The molecule has 2 amide bonds. The molecule has 1 N–H and O–H groups in total. The molecule has 1 heterocycles. The number of nitrogens with one attached hydrogen (secondary N) is 1. The van der Waals surface area contributed by atoms with Gasteiger partial charge in [0.1, 0.15) is 5.82 Å². The summed E-state index contributed by atoms with van der Waals surface area (Å²) in [6.07, 6.45) is 0.985. The predicted octanol–water partition coefficient (Wildman–Crippen LogP) is 3.38. The highest BCUT2D eigenvalue weighted by Gasteiger charge is 2.35. The van der Waals surface area contributed by atoms with Gasteiger partial charge in [0.05, 0.1) is 5.92 Å². The number of anilines is 2. The molecule has 0 radical (unpaired) electrons. The number of hydrogen-bond acceptors (Lipinski definition) is 2. The van der Waals surface area contributed by atoms with Crippen LogP contribution in [-0.4, -0.2) is 18.4 Å². The highest BCUT2D eigenvalue weighted by Crippen LogP contribution is 2.26. The third-order valence-corrected chi connectivity index (χ3v) is 4.29. The Morgan fingerprint density at radius 3 is 2.62 bits per heavy atom. The second-order valence-corrected chi connectivity index (χ2v) is 5.88. The van der Waals surface area contributed by atoms with Crippen LogP contribution in [0, 0.1) is 11.7 Å². The fourth-order valence-corrected chi connectivity index (χ4v) is 2.94. The molecule has 2 aromatic carbocycles. The van der Waals surface area contributed by atoms with Crippen LogP contribution in [0.4, 0.5) is 15.8 Å². The summed E-state index contributed by atoms with van der Waals surface area (Å²) in [5.74, 6) is -1.04. The maximum atomic E-state index is 13.0. The van der Waals surface area contributed by atoms with Gasteiger partial charge in [-0.1, -0.05) is 25.1 Å². The summed E-state index contributed by atoms with van der Waals surface area (Å²) in [4.78, 5) is 26.2. The monoisotopic (exact) mass is 326 g/mol. The van der Waals surface area contributed by atoms with Crippen molar-refractivity contribution in [2.24, 2.45) is 5.92 Å². The zero-order valence-electron chi connectivity index (χ0n) is 13.5. The summed E-state index contributed by atoms with van der Waals surface area (Å²) >= 11 is 0. The van der Waals surface area contributed by atoms with Crippen molar-refractivity contribution in [3.05, 3.63) is 59.9 Å². The van der Waals surface area contributed by atoms with Crippen molar-refractivity contribution < 1.29 is 14.0 Å². The van der Waals surface area contributed by atoms with Gasteiger partial charge in [-0.3, -0.25) is 9.59 Å². The number of para-hydroxylation sites is 1. The Morgan fingerprint density at radius 1 is 1.21 bits per heavy atom. The highest BCUT2D eigenvalue weighted by atomic mass is 19.1. The second-order valence-electron chi connectivity index (χ2n) is 5.88. The van der Waals surface area contributed by atoms with Crippen molar-refractivity contribution >= 4 is 23.2 Å². The van der Waals surface area contributed by atoms with Crippen LogP contribution in [0.25, 0.3) is 0 Å². The molecule has 1 saturated heterocycles. The number of amides is 2. The van der Waals surface area contributed by atoms with Crippen LogP contribution in [0.5, 0.6) is 0 Å². The van der Waals surface area contributed by atoms with Gasteiger partial charge in [-0.2, -0.15) is 0 Å². The summed E-state index contributed by atoms with van der Waals surface area (Å²) in [5, 5.41) is 2.93. The average Bonchev–Trinajstić information content (AvgIpc) is 2.98. The summed E-state index contributed by atoms with van der Waals surface area (Å²) in [5.41, 5.74) is 2.47. The lowest BCUT2D eigenvalue weighted by molar-refractivity contribution is -0.122. The maximum absolute atomic E-state index is 13.0. The fourth-order valence-electron chi connectivity index (χ4n) is 2.94. The Labute approximate surface area is 140 Å². The van der Waals surface area contributed by atoms with Gasteiger partial charge in [-0.05, 0) is 42.3 Å². The summed E-state index contributed by atoms with van der Waals surface area (Å²) in [7, 11) is 0. The second kappa shape index (κ2) is 6.83. The highest BCUT2D eigenvalue weighted by molar-refractivity contribution is 6.03. The summed E-state index contributed by atoms with van der Waals surface area (Å²) < 4.78 is 13.0. The van der Waals surface area contributed by atoms with Crippen LogP contribution in [0.15, 0.2) is 48.5 Å². The minimum absolute atomic E-state index is 0.120. The molecule has 1 aliphatic rings.